The average molecular weight is 184 g/mol. The molecule has 1 aromatic rings. The van der Waals surface area contributed by atoms with Crippen LogP contribution in [0, 0.1) is 0 Å². The van der Waals surface area contributed by atoms with Crippen LogP contribution in [0.1, 0.15) is 25.5 Å². The van der Waals surface area contributed by atoms with Crippen LogP contribution in [0.2, 0.25) is 0 Å². The molecule has 0 aliphatic heterocycles. The first kappa shape index (κ1) is 9.68. The fourth-order valence-corrected chi connectivity index (χ4v) is 1.65. The Hall–Kier alpha value is -0.410. The molecule has 1 heterocycles. The topological polar surface area (TPSA) is 24.9 Å². The fraction of sp³-hybridized carbons (Fsp3) is 0.667. The van der Waals surface area contributed by atoms with Crippen LogP contribution < -0.4 is 5.32 Å². The van der Waals surface area contributed by atoms with Crippen LogP contribution in [-0.4, -0.2) is 18.1 Å². The van der Waals surface area contributed by atoms with Crippen LogP contribution in [0.5, 0.6) is 0 Å². The van der Waals surface area contributed by atoms with Crippen LogP contribution in [0.3, 0.4) is 0 Å². The molecule has 0 fully saturated rings. The third-order valence-corrected chi connectivity index (χ3v) is 2.33. The van der Waals surface area contributed by atoms with E-state index in [4.69, 9.17) is 0 Å². The van der Waals surface area contributed by atoms with E-state index in [0.717, 1.165) is 19.5 Å². The van der Waals surface area contributed by atoms with E-state index in [1.165, 1.54) is 18.5 Å². The van der Waals surface area contributed by atoms with E-state index in [1.54, 1.807) is 11.3 Å². The van der Waals surface area contributed by atoms with Crippen LogP contribution in [-0.2, 0) is 6.42 Å². The summed E-state index contributed by atoms with van der Waals surface area (Å²) in [6, 6.07) is 0. The second kappa shape index (κ2) is 6.14. The molecule has 12 heavy (non-hydrogen) atoms. The van der Waals surface area contributed by atoms with Crippen molar-refractivity contribution >= 4 is 11.3 Å². The normalized spacial score (nSPS) is 10.4. The molecule has 0 radical (unpaired) electrons. The van der Waals surface area contributed by atoms with Crippen molar-refractivity contribution in [2.45, 2.75) is 26.2 Å². The molecule has 0 saturated carbocycles. The van der Waals surface area contributed by atoms with Crippen molar-refractivity contribution in [3.8, 4) is 0 Å². The number of thiazole rings is 1. The van der Waals surface area contributed by atoms with E-state index in [0.29, 0.717) is 0 Å². The summed E-state index contributed by atoms with van der Waals surface area (Å²) in [5.41, 5.74) is 3.13. The van der Waals surface area contributed by atoms with Gasteiger partial charge in [0.1, 0.15) is 0 Å². The molecule has 1 rings (SSSR count). The monoisotopic (exact) mass is 184 g/mol. The third-order valence-electron chi connectivity index (χ3n) is 1.70. The van der Waals surface area contributed by atoms with Crippen molar-refractivity contribution in [1.82, 2.24) is 10.3 Å². The van der Waals surface area contributed by atoms with Crippen LogP contribution >= 0.6 is 11.3 Å². The van der Waals surface area contributed by atoms with Crippen molar-refractivity contribution in [2.24, 2.45) is 0 Å². The predicted molar refractivity (Wildman–Crippen MR) is 53.6 cm³/mol. The number of aromatic nitrogens is 1. The minimum Gasteiger partial charge on any atom is -0.317 e. The Labute approximate surface area is 78.0 Å². The summed E-state index contributed by atoms with van der Waals surface area (Å²) >= 11 is 1.68. The molecule has 0 aliphatic rings. The first-order valence-corrected chi connectivity index (χ1v) is 5.45. The maximum atomic E-state index is 4.22. The molecule has 0 unspecified atom stereocenters. The molecule has 1 N–H and O–H groups in total. The number of rotatable bonds is 6. The number of nitrogens with zero attached hydrogens (tertiary/aromatic N) is 1. The lowest BCUT2D eigenvalue weighted by molar-refractivity contribution is 0.637. The van der Waals surface area contributed by atoms with Gasteiger partial charge < -0.3 is 5.32 Å². The van der Waals surface area contributed by atoms with Gasteiger partial charge in [0.2, 0.25) is 0 Å². The Morgan fingerprint density at radius 1 is 1.50 bits per heavy atom. The highest BCUT2D eigenvalue weighted by atomic mass is 32.1. The van der Waals surface area contributed by atoms with E-state index in [9.17, 15) is 0 Å². The minimum atomic E-state index is 1.11. The van der Waals surface area contributed by atoms with Crippen LogP contribution in [0.25, 0.3) is 0 Å². The minimum absolute atomic E-state index is 1.11. The molecule has 0 amide bonds. The SMILES string of the molecule is CCCNCCCc1cscn1. The van der Waals surface area contributed by atoms with E-state index in [2.05, 4.69) is 22.6 Å². The molecule has 1 aromatic heterocycles. The zero-order valence-electron chi connectivity index (χ0n) is 7.55. The van der Waals surface area contributed by atoms with Crippen molar-refractivity contribution < 1.29 is 0 Å². The van der Waals surface area contributed by atoms with Gasteiger partial charge in [-0.25, -0.2) is 4.98 Å². The second-order valence-electron chi connectivity index (χ2n) is 2.83. The Balaban J connectivity index is 1.96. The van der Waals surface area contributed by atoms with Crippen molar-refractivity contribution in [2.75, 3.05) is 13.1 Å². The highest BCUT2D eigenvalue weighted by molar-refractivity contribution is 7.07. The smallest absolute Gasteiger partial charge is 0.0794 e. The second-order valence-corrected chi connectivity index (χ2v) is 3.55. The molecule has 2 nitrogen and oxygen atoms in total. The molecular weight excluding hydrogens is 168 g/mol. The van der Waals surface area contributed by atoms with Gasteiger partial charge in [-0.2, -0.15) is 0 Å². The first-order chi connectivity index (χ1) is 5.93. The molecule has 0 aliphatic carbocycles. The zero-order valence-corrected chi connectivity index (χ0v) is 8.36. The maximum absolute atomic E-state index is 4.22. The molecule has 0 spiro atoms. The molecule has 0 atom stereocenters. The van der Waals surface area contributed by atoms with Crippen LogP contribution in [0.15, 0.2) is 10.9 Å². The van der Waals surface area contributed by atoms with Gasteiger partial charge >= 0.3 is 0 Å². The van der Waals surface area contributed by atoms with E-state index < -0.39 is 0 Å². The molecule has 3 heteroatoms. The Morgan fingerprint density at radius 3 is 3.08 bits per heavy atom. The molecule has 0 saturated heterocycles. The Bertz CT molecular complexity index is 184. The summed E-state index contributed by atoms with van der Waals surface area (Å²) in [4.78, 5) is 4.22. The predicted octanol–water partition coefficient (Wildman–Crippen LogP) is 2.08. The molecule has 68 valence electrons. The standard InChI is InChI=1S/C9H16N2S/c1-2-5-10-6-3-4-9-7-12-8-11-9/h7-8,10H,2-6H2,1H3. The van der Waals surface area contributed by atoms with Gasteiger partial charge in [0, 0.05) is 5.38 Å². The maximum Gasteiger partial charge on any atom is 0.0794 e. The van der Waals surface area contributed by atoms with Crippen LogP contribution in [0.4, 0.5) is 0 Å². The summed E-state index contributed by atoms with van der Waals surface area (Å²) in [7, 11) is 0. The largest absolute Gasteiger partial charge is 0.317 e. The van der Waals surface area contributed by atoms with Crippen molar-refractivity contribution in [3.63, 3.8) is 0 Å². The van der Waals surface area contributed by atoms with Gasteiger partial charge in [0.15, 0.2) is 0 Å². The van der Waals surface area contributed by atoms with Crippen molar-refractivity contribution in [1.29, 1.82) is 0 Å². The van der Waals surface area contributed by atoms with E-state index in [-0.39, 0.29) is 0 Å². The van der Waals surface area contributed by atoms with E-state index >= 15 is 0 Å². The molecule has 0 aromatic carbocycles. The Morgan fingerprint density at radius 2 is 2.42 bits per heavy atom. The van der Waals surface area contributed by atoms with Gasteiger partial charge in [-0.1, -0.05) is 6.92 Å². The lowest BCUT2D eigenvalue weighted by Crippen LogP contribution is -2.16. The average Bonchev–Trinajstić information content (AvgIpc) is 2.57. The fourth-order valence-electron chi connectivity index (χ4n) is 1.06. The van der Waals surface area contributed by atoms with Gasteiger partial charge in [-0.3, -0.25) is 0 Å². The highest BCUT2D eigenvalue weighted by Gasteiger charge is 1.93. The Kier molecular flexibility index (Phi) is 4.95. The van der Waals surface area contributed by atoms with Gasteiger partial charge in [0.05, 0.1) is 11.2 Å². The number of aryl methyl sites for hydroxylation is 1. The lowest BCUT2D eigenvalue weighted by Gasteiger charge is -2.00. The quantitative estimate of drug-likeness (QED) is 0.685. The number of hydrogen-bond donors (Lipinski definition) is 1. The van der Waals surface area contributed by atoms with Crippen molar-refractivity contribution in [3.05, 3.63) is 16.6 Å². The summed E-state index contributed by atoms with van der Waals surface area (Å²) in [6.07, 6.45) is 3.53. The van der Waals surface area contributed by atoms with E-state index in [1.807, 2.05) is 5.51 Å². The number of nitrogens with one attached hydrogen (secondary N) is 1. The first-order valence-electron chi connectivity index (χ1n) is 4.51. The summed E-state index contributed by atoms with van der Waals surface area (Å²) in [5, 5.41) is 5.50. The highest BCUT2D eigenvalue weighted by Crippen LogP contribution is 2.02. The molecular formula is C9H16N2S. The van der Waals surface area contributed by atoms with Gasteiger partial charge in [0.25, 0.3) is 0 Å². The van der Waals surface area contributed by atoms with Gasteiger partial charge in [-0.15, -0.1) is 11.3 Å². The molecule has 0 bridgehead atoms. The third kappa shape index (κ3) is 3.83. The summed E-state index contributed by atoms with van der Waals surface area (Å²) in [6.45, 7) is 4.44. The number of hydrogen-bond acceptors (Lipinski definition) is 3. The summed E-state index contributed by atoms with van der Waals surface area (Å²) < 4.78 is 0. The van der Waals surface area contributed by atoms with Gasteiger partial charge in [-0.05, 0) is 32.4 Å². The lowest BCUT2D eigenvalue weighted by atomic mass is 10.2. The zero-order chi connectivity index (χ0) is 8.65. The summed E-state index contributed by atoms with van der Waals surface area (Å²) in [5.74, 6) is 0.